The molecule has 0 fully saturated rings. The molecule has 1 aromatic carbocycles. The zero-order valence-corrected chi connectivity index (χ0v) is 9.74. The molecule has 2 rings (SSSR count). The van der Waals surface area contributed by atoms with Gasteiger partial charge in [-0.25, -0.2) is 9.97 Å². The van der Waals surface area contributed by atoms with Gasteiger partial charge < -0.3 is 5.32 Å². The van der Waals surface area contributed by atoms with Crippen LogP contribution in [0.25, 0.3) is 0 Å². The lowest BCUT2D eigenvalue weighted by Gasteiger charge is -2.11. The van der Waals surface area contributed by atoms with E-state index in [1.165, 1.54) is 12.1 Å². The second-order valence-corrected chi connectivity index (χ2v) is 3.72. The third-order valence-electron chi connectivity index (χ3n) is 2.35. The molecule has 0 aliphatic rings. The Kier molecular flexibility index (Phi) is 3.52. The van der Waals surface area contributed by atoms with Gasteiger partial charge in [0.1, 0.15) is 12.1 Å². The molecule has 1 heterocycles. The summed E-state index contributed by atoms with van der Waals surface area (Å²) in [5, 5.41) is 11.2. The van der Waals surface area contributed by atoms with Crippen LogP contribution < -0.4 is 5.32 Å². The standard InChI is InChI=1S/C12H6F4N4/c13-10-4-11(19-6-18-10)20-8-2-1-7(5-17)9(3-8)12(14,15)16/h1-4,6H,(H,18,19,20). The summed E-state index contributed by atoms with van der Waals surface area (Å²) in [4.78, 5) is 6.89. The molecule has 0 aliphatic heterocycles. The Hall–Kier alpha value is -2.69. The quantitative estimate of drug-likeness (QED) is 0.678. The minimum atomic E-state index is -4.65. The molecule has 0 bridgehead atoms. The van der Waals surface area contributed by atoms with Crippen LogP contribution in [0.15, 0.2) is 30.6 Å². The van der Waals surface area contributed by atoms with Gasteiger partial charge in [0.25, 0.3) is 0 Å². The Bertz CT molecular complexity index is 676. The summed E-state index contributed by atoms with van der Waals surface area (Å²) in [6, 6.07) is 5.47. The highest BCUT2D eigenvalue weighted by molar-refractivity contribution is 5.59. The maximum atomic E-state index is 12.8. The third-order valence-corrected chi connectivity index (χ3v) is 2.35. The maximum Gasteiger partial charge on any atom is 0.417 e. The first-order valence-corrected chi connectivity index (χ1v) is 5.26. The molecule has 0 radical (unpaired) electrons. The van der Waals surface area contributed by atoms with Gasteiger partial charge in [-0.05, 0) is 18.2 Å². The van der Waals surface area contributed by atoms with Gasteiger partial charge in [0, 0.05) is 11.8 Å². The second kappa shape index (κ2) is 5.13. The number of hydrogen-bond donors (Lipinski definition) is 1. The smallest absolute Gasteiger partial charge is 0.340 e. The molecule has 0 amide bonds. The van der Waals surface area contributed by atoms with E-state index in [-0.39, 0.29) is 11.5 Å². The SMILES string of the molecule is N#Cc1ccc(Nc2cc(F)ncn2)cc1C(F)(F)F. The highest BCUT2D eigenvalue weighted by Crippen LogP contribution is 2.34. The van der Waals surface area contributed by atoms with Gasteiger partial charge in [-0.15, -0.1) is 0 Å². The Morgan fingerprint density at radius 1 is 1.15 bits per heavy atom. The third kappa shape index (κ3) is 3.00. The summed E-state index contributed by atoms with van der Waals surface area (Å²) in [5.41, 5.74) is -1.52. The van der Waals surface area contributed by atoms with Crippen molar-refractivity contribution in [1.82, 2.24) is 9.97 Å². The highest BCUT2D eigenvalue weighted by Gasteiger charge is 2.33. The van der Waals surface area contributed by atoms with Crippen LogP contribution in [0, 0.1) is 17.3 Å². The highest BCUT2D eigenvalue weighted by atomic mass is 19.4. The Labute approximate surface area is 110 Å². The van der Waals surface area contributed by atoms with Crippen LogP contribution >= 0.6 is 0 Å². The van der Waals surface area contributed by atoms with Crippen LogP contribution in [-0.4, -0.2) is 9.97 Å². The van der Waals surface area contributed by atoms with Crippen molar-refractivity contribution in [2.45, 2.75) is 6.18 Å². The number of aromatic nitrogens is 2. The first kappa shape index (κ1) is 13.7. The molecule has 0 saturated carbocycles. The van der Waals surface area contributed by atoms with Gasteiger partial charge in [0.2, 0.25) is 5.95 Å². The summed E-state index contributed by atoms with van der Waals surface area (Å²) in [5.74, 6) is -0.803. The average molecular weight is 282 g/mol. The maximum absolute atomic E-state index is 12.8. The Morgan fingerprint density at radius 3 is 2.50 bits per heavy atom. The average Bonchev–Trinajstić information content (AvgIpc) is 2.37. The van der Waals surface area contributed by atoms with E-state index in [0.29, 0.717) is 0 Å². The number of nitriles is 1. The van der Waals surface area contributed by atoms with Crippen LogP contribution in [0.2, 0.25) is 0 Å². The number of alkyl halides is 3. The predicted octanol–water partition coefficient (Wildman–Crippen LogP) is 3.25. The fourth-order valence-corrected chi connectivity index (χ4v) is 1.50. The van der Waals surface area contributed by atoms with E-state index in [9.17, 15) is 17.6 Å². The first-order chi connectivity index (χ1) is 9.40. The van der Waals surface area contributed by atoms with Crippen LogP contribution in [0.5, 0.6) is 0 Å². The molecule has 0 spiro atoms. The molecule has 0 unspecified atom stereocenters. The Balaban J connectivity index is 2.37. The van der Waals surface area contributed by atoms with Gasteiger partial charge in [-0.3, -0.25) is 0 Å². The summed E-state index contributed by atoms with van der Waals surface area (Å²) in [6.45, 7) is 0. The lowest BCUT2D eigenvalue weighted by Crippen LogP contribution is -2.08. The molecule has 8 heteroatoms. The van der Waals surface area contributed by atoms with E-state index in [4.69, 9.17) is 5.26 Å². The summed E-state index contributed by atoms with van der Waals surface area (Å²) in [7, 11) is 0. The van der Waals surface area contributed by atoms with Gasteiger partial charge in [0.15, 0.2) is 0 Å². The molecule has 0 saturated heterocycles. The van der Waals surface area contributed by atoms with Crippen LogP contribution in [0.3, 0.4) is 0 Å². The lowest BCUT2D eigenvalue weighted by atomic mass is 10.1. The van der Waals surface area contributed by atoms with Crippen LogP contribution in [0.4, 0.5) is 29.1 Å². The normalized spacial score (nSPS) is 10.9. The monoisotopic (exact) mass is 282 g/mol. The number of halogens is 4. The largest absolute Gasteiger partial charge is 0.417 e. The number of rotatable bonds is 2. The van der Waals surface area contributed by atoms with Crippen LogP contribution in [-0.2, 0) is 6.18 Å². The minimum absolute atomic E-state index is 0.00957. The van der Waals surface area contributed by atoms with E-state index < -0.39 is 23.3 Å². The van der Waals surface area contributed by atoms with Crippen molar-refractivity contribution in [3.8, 4) is 6.07 Å². The van der Waals surface area contributed by atoms with Crippen molar-refractivity contribution in [2.75, 3.05) is 5.32 Å². The fraction of sp³-hybridized carbons (Fsp3) is 0.0833. The molecular formula is C12H6F4N4. The number of hydrogen-bond acceptors (Lipinski definition) is 4. The van der Waals surface area contributed by atoms with E-state index in [1.54, 1.807) is 0 Å². The van der Waals surface area contributed by atoms with Gasteiger partial charge >= 0.3 is 6.18 Å². The molecule has 1 N–H and O–H groups in total. The van der Waals surface area contributed by atoms with E-state index in [0.717, 1.165) is 24.5 Å². The van der Waals surface area contributed by atoms with Crippen molar-refractivity contribution in [3.63, 3.8) is 0 Å². The molecule has 0 aliphatic carbocycles. The number of anilines is 2. The molecule has 102 valence electrons. The Morgan fingerprint density at radius 2 is 1.90 bits per heavy atom. The molecule has 2 aromatic rings. The van der Waals surface area contributed by atoms with Gasteiger partial charge in [-0.2, -0.15) is 22.8 Å². The lowest BCUT2D eigenvalue weighted by molar-refractivity contribution is -0.137. The molecule has 0 atom stereocenters. The molecule has 1 aromatic heterocycles. The number of benzene rings is 1. The number of nitrogens with zero attached hydrogens (tertiary/aromatic N) is 3. The van der Waals surface area contributed by atoms with E-state index in [1.807, 2.05) is 0 Å². The topological polar surface area (TPSA) is 61.6 Å². The van der Waals surface area contributed by atoms with Crippen LogP contribution in [0.1, 0.15) is 11.1 Å². The minimum Gasteiger partial charge on any atom is -0.340 e. The van der Waals surface area contributed by atoms with E-state index >= 15 is 0 Å². The van der Waals surface area contributed by atoms with E-state index in [2.05, 4.69) is 15.3 Å². The molecular weight excluding hydrogens is 276 g/mol. The van der Waals surface area contributed by atoms with Gasteiger partial charge in [-0.1, -0.05) is 0 Å². The van der Waals surface area contributed by atoms with Crippen molar-refractivity contribution in [1.29, 1.82) is 5.26 Å². The fourth-order valence-electron chi connectivity index (χ4n) is 1.50. The van der Waals surface area contributed by atoms with Crippen molar-refractivity contribution in [2.24, 2.45) is 0 Å². The molecule has 4 nitrogen and oxygen atoms in total. The van der Waals surface area contributed by atoms with Gasteiger partial charge in [0.05, 0.1) is 17.2 Å². The molecule has 20 heavy (non-hydrogen) atoms. The van der Waals surface area contributed by atoms with Crippen molar-refractivity contribution >= 4 is 11.5 Å². The van der Waals surface area contributed by atoms with Crippen molar-refractivity contribution < 1.29 is 17.6 Å². The predicted molar refractivity (Wildman–Crippen MR) is 61.4 cm³/mol. The first-order valence-electron chi connectivity index (χ1n) is 5.26. The number of nitrogens with one attached hydrogen (secondary N) is 1. The summed E-state index contributed by atoms with van der Waals surface area (Å²) >= 11 is 0. The zero-order valence-electron chi connectivity index (χ0n) is 9.74. The zero-order chi connectivity index (χ0) is 14.8. The second-order valence-electron chi connectivity index (χ2n) is 3.72. The van der Waals surface area contributed by atoms with Crippen molar-refractivity contribution in [3.05, 3.63) is 47.7 Å². The summed E-state index contributed by atoms with van der Waals surface area (Å²) in [6.07, 6.45) is -3.72. The summed E-state index contributed by atoms with van der Waals surface area (Å²) < 4.78 is 51.1.